The van der Waals surface area contributed by atoms with Crippen LogP contribution in [0.25, 0.3) is 0 Å². The number of carbonyl (C=O) groups is 3. The minimum atomic E-state index is -0.819. The van der Waals surface area contributed by atoms with Crippen molar-refractivity contribution in [2.24, 2.45) is 11.8 Å². The van der Waals surface area contributed by atoms with Gasteiger partial charge in [-0.2, -0.15) is 0 Å². The molecule has 1 saturated heterocycles. The quantitative estimate of drug-likeness (QED) is 0.655. The Bertz CT molecular complexity index is 993. The number of nitrogens with zero attached hydrogens (tertiary/aromatic N) is 1. The first-order valence-electron chi connectivity index (χ1n) is 11.8. The van der Waals surface area contributed by atoms with E-state index >= 15 is 0 Å². The van der Waals surface area contributed by atoms with Crippen LogP contribution in [0.15, 0.2) is 41.8 Å². The Morgan fingerprint density at radius 2 is 1.76 bits per heavy atom. The van der Waals surface area contributed by atoms with Crippen LogP contribution in [0.4, 0.5) is 0 Å². The summed E-state index contributed by atoms with van der Waals surface area (Å²) in [7, 11) is 0. The van der Waals surface area contributed by atoms with Gasteiger partial charge in [0.1, 0.15) is 18.1 Å². The first-order valence-corrected chi connectivity index (χ1v) is 12.7. The molecular weight excluding hydrogens is 434 g/mol. The molecule has 0 spiro atoms. The average Bonchev–Trinajstić information content (AvgIpc) is 3.41. The summed E-state index contributed by atoms with van der Waals surface area (Å²) in [5.74, 6) is -0.379. The summed E-state index contributed by atoms with van der Waals surface area (Å²) in [6.45, 7) is 7.87. The number of benzene rings is 1. The number of nitrogens with one attached hydrogen (secondary N) is 2. The molecule has 0 radical (unpaired) electrons. The average molecular weight is 468 g/mol. The van der Waals surface area contributed by atoms with E-state index in [1.165, 1.54) is 22.5 Å². The number of hydrogen-bond acceptors (Lipinski definition) is 4. The molecule has 1 aromatic heterocycles. The van der Waals surface area contributed by atoms with Gasteiger partial charge in [-0.15, -0.1) is 11.3 Å². The molecule has 0 saturated carbocycles. The lowest BCUT2D eigenvalue weighted by atomic mass is 9.88. The van der Waals surface area contributed by atoms with E-state index in [1.807, 2.05) is 57.3 Å². The van der Waals surface area contributed by atoms with Crippen LogP contribution in [0, 0.1) is 11.8 Å². The molecule has 0 bridgehead atoms. The molecule has 1 fully saturated rings. The number of hydrogen-bond donors (Lipinski definition) is 2. The number of piperazine rings is 1. The monoisotopic (exact) mass is 467 g/mol. The standard InChI is InChI=1S/C26H33N3O3S/c1-15(2)12-20-24(30)28-22(19-13-17-8-5-6-9-18(17)14-19)26(32)29(20)23(21-10-7-11-33-21)25(31)27-16(3)4/h5-11,15-16,19-20,22-23H,12-14H2,1-4H3,(H,27,31)(H,28,30)/t20-,22-,23-/m1/s1. The molecule has 4 rings (SSSR count). The first-order chi connectivity index (χ1) is 15.8. The first kappa shape index (κ1) is 23.5. The van der Waals surface area contributed by atoms with E-state index in [0.29, 0.717) is 6.42 Å². The Kier molecular flexibility index (Phi) is 6.88. The maximum Gasteiger partial charge on any atom is 0.248 e. The maximum absolute atomic E-state index is 14.1. The van der Waals surface area contributed by atoms with E-state index in [1.54, 1.807) is 4.90 Å². The number of rotatable bonds is 7. The fourth-order valence-corrected chi connectivity index (χ4v) is 5.90. The van der Waals surface area contributed by atoms with Gasteiger partial charge in [-0.1, -0.05) is 44.2 Å². The van der Waals surface area contributed by atoms with Crippen molar-refractivity contribution in [3.05, 3.63) is 57.8 Å². The van der Waals surface area contributed by atoms with Crippen molar-refractivity contribution in [3.8, 4) is 0 Å². The van der Waals surface area contributed by atoms with Gasteiger partial charge < -0.3 is 15.5 Å². The third kappa shape index (κ3) is 4.83. The molecule has 0 unspecified atom stereocenters. The fourth-order valence-electron chi connectivity index (χ4n) is 5.08. The van der Waals surface area contributed by atoms with Gasteiger partial charge in [-0.25, -0.2) is 0 Å². The van der Waals surface area contributed by atoms with Crippen LogP contribution in [0.3, 0.4) is 0 Å². The third-order valence-corrected chi connectivity index (χ3v) is 7.40. The van der Waals surface area contributed by atoms with Crippen LogP contribution in [-0.2, 0) is 27.2 Å². The molecule has 1 aliphatic heterocycles. The van der Waals surface area contributed by atoms with E-state index in [-0.39, 0.29) is 35.6 Å². The highest BCUT2D eigenvalue weighted by Gasteiger charge is 2.49. The van der Waals surface area contributed by atoms with Crippen LogP contribution >= 0.6 is 11.3 Å². The van der Waals surface area contributed by atoms with Crippen LogP contribution in [0.5, 0.6) is 0 Å². The van der Waals surface area contributed by atoms with Crippen molar-refractivity contribution in [1.29, 1.82) is 0 Å². The second-order valence-electron chi connectivity index (χ2n) is 9.90. The van der Waals surface area contributed by atoms with Gasteiger partial charge in [0.15, 0.2) is 0 Å². The van der Waals surface area contributed by atoms with Crippen LogP contribution < -0.4 is 10.6 Å². The molecule has 2 heterocycles. The Morgan fingerprint density at radius 3 is 2.30 bits per heavy atom. The second-order valence-corrected chi connectivity index (χ2v) is 10.9. The summed E-state index contributed by atoms with van der Waals surface area (Å²) in [6, 6.07) is 9.76. The Labute approximate surface area is 199 Å². The lowest BCUT2D eigenvalue weighted by Crippen LogP contribution is -2.67. The smallest absolute Gasteiger partial charge is 0.248 e. The highest BCUT2D eigenvalue weighted by molar-refractivity contribution is 7.10. The molecule has 3 atom stereocenters. The van der Waals surface area contributed by atoms with Gasteiger partial charge >= 0.3 is 0 Å². The summed E-state index contributed by atoms with van der Waals surface area (Å²) in [5.41, 5.74) is 2.46. The zero-order valence-electron chi connectivity index (χ0n) is 19.7. The minimum Gasteiger partial charge on any atom is -0.352 e. The minimum absolute atomic E-state index is 0.0153. The summed E-state index contributed by atoms with van der Waals surface area (Å²) in [4.78, 5) is 43.3. The van der Waals surface area contributed by atoms with E-state index in [4.69, 9.17) is 0 Å². The molecule has 2 aromatic rings. The van der Waals surface area contributed by atoms with Gasteiger partial charge in [-0.3, -0.25) is 14.4 Å². The summed E-state index contributed by atoms with van der Waals surface area (Å²) in [6.07, 6.45) is 2.00. The normalized spacial score (nSPS) is 21.9. The van der Waals surface area contributed by atoms with Gasteiger partial charge in [0, 0.05) is 10.9 Å². The molecule has 2 aliphatic rings. The second kappa shape index (κ2) is 9.67. The van der Waals surface area contributed by atoms with Crippen LogP contribution in [0.1, 0.15) is 56.2 Å². The number of carbonyl (C=O) groups excluding carboxylic acids is 3. The molecule has 7 heteroatoms. The highest BCUT2D eigenvalue weighted by Crippen LogP contribution is 2.36. The predicted octanol–water partition coefficient (Wildman–Crippen LogP) is 3.47. The van der Waals surface area contributed by atoms with Gasteiger partial charge in [0.25, 0.3) is 0 Å². The number of amides is 3. The zero-order valence-corrected chi connectivity index (χ0v) is 20.5. The van der Waals surface area contributed by atoms with Crippen molar-refractivity contribution in [3.63, 3.8) is 0 Å². The van der Waals surface area contributed by atoms with Crippen molar-refractivity contribution in [2.45, 2.75) is 71.1 Å². The molecule has 33 heavy (non-hydrogen) atoms. The molecule has 176 valence electrons. The Hall–Kier alpha value is -2.67. The van der Waals surface area contributed by atoms with Crippen LogP contribution in [-0.4, -0.2) is 40.7 Å². The van der Waals surface area contributed by atoms with Crippen molar-refractivity contribution >= 4 is 29.1 Å². The molecule has 1 aromatic carbocycles. The zero-order chi connectivity index (χ0) is 23.7. The largest absolute Gasteiger partial charge is 0.352 e. The van der Waals surface area contributed by atoms with Crippen molar-refractivity contribution in [1.82, 2.24) is 15.5 Å². The van der Waals surface area contributed by atoms with E-state index in [2.05, 4.69) is 22.8 Å². The summed E-state index contributed by atoms with van der Waals surface area (Å²) in [5, 5.41) is 7.93. The lowest BCUT2D eigenvalue weighted by molar-refractivity contribution is -0.157. The Balaban J connectivity index is 1.71. The van der Waals surface area contributed by atoms with Crippen molar-refractivity contribution in [2.75, 3.05) is 0 Å². The van der Waals surface area contributed by atoms with Gasteiger partial charge in [0.05, 0.1) is 0 Å². The summed E-state index contributed by atoms with van der Waals surface area (Å²) >= 11 is 1.44. The van der Waals surface area contributed by atoms with Crippen LogP contribution in [0.2, 0.25) is 0 Å². The van der Waals surface area contributed by atoms with E-state index < -0.39 is 18.1 Å². The topological polar surface area (TPSA) is 78.5 Å². The van der Waals surface area contributed by atoms with Crippen molar-refractivity contribution < 1.29 is 14.4 Å². The van der Waals surface area contributed by atoms with E-state index in [0.717, 1.165) is 17.7 Å². The fraction of sp³-hybridized carbons (Fsp3) is 0.500. The molecule has 6 nitrogen and oxygen atoms in total. The molecular formula is C26H33N3O3S. The number of thiophene rings is 1. The number of fused-ring (bicyclic) bond motifs is 1. The lowest BCUT2D eigenvalue weighted by Gasteiger charge is -2.44. The van der Waals surface area contributed by atoms with Gasteiger partial charge in [0.2, 0.25) is 17.7 Å². The highest BCUT2D eigenvalue weighted by atomic mass is 32.1. The SMILES string of the molecule is CC(C)C[C@@H]1C(=O)N[C@H](C2Cc3ccccc3C2)C(=O)N1[C@@H](C(=O)NC(C)C)c1cccs1. The Morgan fingerprint density at radius 1 is 1.09 bits per heavy atom. The summed E-state index contributed by atoms with van der Waals surface area (Å²) < 4.78 is 0. The molecule has 1 aliphatic carbocycles. The van der Waals surface area contributed by atoms with Gasteiger partial charge in [-0.05, 0) is 67.5 Å². The molecule has 2 N–H and O–H groups in total. The molecule has 3 amide bonds. The third-order valence-electron chi connectivity index (χ3n) is 6.48. The van der Waals surface area contributed by atoms with E-state index in [9.17, 15) is 14.4 Å². The predicted molar refractivity (Wildman–Crippen MR) is 130 cm³/mol. The maximum atomic E-state index is 14.1.